The maximum absolute atomic E-state index is 12.4. The Bertz CT molecular complexity index is 336. The number of nitrogens with one attached hydrogen (secondary N) is 1. The monoisotopic (exact) mass is 296 g/mol. The molecule has 4 heteroatoms. The van der Waals surface area contributed by atoms with E-state index >= 15 is 0 Å². The molecule has 0 spiro atoms. The van der Waals surface area contributed by atoms with Crippen molar-refractivity contribution in [2.24, 2.45) is 11.8 Å². The Balaban J connectivity index is 1.95. The molecule has 1 aliphatic heterocycles. The molecule has 3 unspecified atom stereocenters. The number of likely N-dealkylation sites (tertiary alicyclic amines) is 1. The molecule has 1 amide bonds. The van der Waals surface area contributed by atoms with Gasteiger partial charge in [-0.15, -0.1) is 0 Å². The molecule has 0 aromatic heterocycles. The zero-order chi connectivity index (χ0) is 15.4. The summed E-state index contributed by atoms with van der Waals surface area (Å²) in [7, 11) is 0. The van der Waals surface area contributed by atoms with Gasteiger partial charge in [-0.3, -0.25) is 4.79 Å². The lowest BCUT2D eigenvalue weighted by atomic mass is 9.89. The van der Waals surface area contributed by atoms with E-state index in [9.17, 15) is 9.90 Å². The van der Waals surface area contributed by atoms with Gasteiger partial charge in [0.05, 0.1) is 6.10 Å². The first-order valence-electron chi connectivity index (χ1n) is 8.67. The van der Waals surface area contributed by atoms with Crippen LogP contribution in [0, 0.1) is 11.8 Å². The Morgan fingerprint density at radius 3 is 2.43 bits per heavy atom. The molecule has 0 aromatic rings. The predicted molar refractivity (Wildman–Crippen MR) is 85.0 cm³/mol. The second-order valence-corrected chi connectivity index (χ2v) is 7.48. The molecule has 122 valence electrons. The summed E-state index contributed by atoms with van der Waals surface area (Å²) >= 11 is 0. The highest BCUT2D eigenvalue weighted by Gasteiger charge is 2.33. The van der Waals surface area contributed by atoms with Gasteiger partial charge in [0.1, 0.15) is 0 Å². The van der Waals surface area contributed by atoms with E-state index in [2.05, 4.69) is 19.2 Å². The van der Waals surface area contributed by atoms with Crippen molar-refractivity contribution < 1.29 is 9.90 Å². The van der Waals surface area contributed by atoms with Crippen LogP contribution in [0.2, 0.25) is 0 Å². The zero-order valence-corrected chi connectivity index (χ0v) is 13.8. The smallest absolute Gasteiger partial charge is 0.222 e. The van der Waals surface area contributed by atoms with Crippen LogP contribution < -0.4 is 5.32 Å². The number of hydrogen-bond acceptors (Lipinski definition) is 3. The third-order valence-corrected chi connectivity index (χ3v) is 4.93. The minimum absolute atomic E-state index is 0.203. The molecule has 3 atom stereocenters. The summed E-state index contributed by atoms with van der Waals surface area (Å²) in [5.74, 6) is 0.841. The van der Waals surface area contributed by atoms with Crippen LogP contribution in [0.15, 0.2) is 0 Å². The largest absolute Gasteiger partial charge is 0.393 e. The molecule has 2 aliphatic rings. The maximum atomic E-state index is 12.4. The van der Waals surface area contributed by atoms with Gasteiger partial charge in [0.15, 0.2) is 0 Å². The van der Waals surface area contributed by atoms with Gasteiger partial charge in [-0.1, -0.05) is 26.7 Å². The Morgan fingerprint density at radius 2 is 1.86 bits per heavy atom. The summed E-state index contributed by atoms with van der Waals surface area (Å²) < 4.78 is 0. The van der Waals surface area contributed by atoms with Gasteiger partial charge in [0, 0.05) is 37.5 Å². The van der Waals surface area contributed by atoms with Gasteiger partial charge in [-0.25, -0.2) is 0 Å². The molecule has 21 heavy (non-hydrogen) atoms. The number of piperidine rings is 1. The molecule has 0 aromatic carbocycles. The zero-order valence-electron chi connectivity index (χ0n) is 13.8. The number of nitrogens with zero attached hydrogens (tertiary/aromatic N) is 1. The van der Waals surface area contributed by atoms with Crippen molar-refractivity contribution in [2.75, 3.05) is 13.1 Å². The quantitative estimate of drug-likeness (QED) is 0.817. The summed E-state index contributed by atoms with van der Waals surface area (Å²) in [5, 5.41) is 13.7. The molecule has 1 saturated heterocycles. The summed E-state index contributed by atoms with van der Waals surface area (Å²) in [5.41, 5.74) is 0. The molecule has 1 heterocycles. The fourth-order valence-corrected chi connectivity index (χ4v) is 3.72. The van der Waals surface area contributed by atoms with Crippen LogP contribution in [0.25, 0.3) is 0 Å². The number of amides is 1. The Kier molecular flexibility index (Phi) is 6.06. The molecule has 4 nitrogen and oxygen atoms in total. The van der Waals surface area contributed by atoms with Crippen LogP contribution in [0.5, 0.6) is 0 Å². The lowest BCUT2D eigenvalue weighted by Crippen LogP contribution is -2.54. The molecule has 2 N–H and O–H groups in total. The number of carbonyl (C=O) groups excluding carboxylic acids is 1. The first-order valence-corrected chi connectivity index (χ1v) is 8.67. The standard InChI is InChI=1S/C17H32N2O2/c1-12(2)8-17(21)19-10-14(13(3)20)9-16(11-19)18-15-6-4-5-7-15/h12-16,18,20H,4-11H2,1-3H3. The van der Waals surface area contributed by atoms with Crippen molar-refractivity contribution in [1.29, 1.82) is 0 Å². The van der Waals surface area contributed by atoms with Crippen LogP contribution in [-0.2, 0) is 4.79 Å². The highest BCUT2D eigenvalue weighted by Crippen LogP contribution is 2.24. The van der Waals surface area contributed by atoms with E-state index in [4.69, 9.17) is 0 Å². The highest BCUT2D eigenvalue weighted by molar-refractivity contribution is 5.76. The molecular formula is C17H32N2O2. The van der Waals surface area contributed by atoms with Gasteiger partial charge in [-0.2, -0.15) is 0 Å². The molecule has 0 radical (unpaired) electrons. The lowest BCUT2D eigenvalue weighted by molar-refractivity contribution is -0.135. The van der Waals surface area contributed by atoms with E-state index in [0.29, 0.717) is 31.0 Å². The second-order valence-electron chi connectivity index (χ2n) is 7.48. The van der Waals surface area contributed by atoms with E-state index in [1.165, 1.54) is 25.7 Å². The first kappa shape index (κ1) is 16.8. The second kappa shape index (κ2) is 7.59. The fourth-order valence-electron chi connectivity index (χ4n) is 3.72. The van der Waals surface area contributed by atoms with E-state index in [1.54, 1.807) is 0 Å². The van der Waals surface area contributed by atoms with E-state index < -0.39 is 0 Å². The summed E-state index contributed by atoms with van der Waals surface area (Å²) in [4.78, 5) is 14.4. The van der Waals surface area contributed by atoms with Crippen molar-refractivity contribution in [3.05, 3.63) is 0 Å². The van der Waals surface area contributed by atoms with E-state index in [1.807, 2.05) is 11.8 Å². The average molecular weight is 296 g/mol. The van der Waals surface area contributed by atoms with Crippen molar-refractivity contribution in [1.82, 2.24) is 10.2 Å². The van der Waals surface area contributed by atoms with Gasteiger partial charge in [0.25, 0.3) is 0 Å². The van der Waals surface area contributed by atoms with Gasteiger partial charge >= 0.3 is 0 Å². The summed E-state index contributed by atoms with van der Waals surface area (Å²) in [6, 6.07) is 0.961. The van der Waals surface area contributed by atoms with Crippen LogP contribution in [0.1, 0.15) is 59.3 Å². The van der Waals surface area contributed by atoms with Crippen LogP contribution in [0.4, 0.5) is 0 Å². The van der Waals surface area contributed by atoms with Gasteiger partial charge < -0.3 is 15.3 Å². The van der Waals surface area contributed by atoms with E-state index in [0.717, 1.165) is 13.0 Å². The number of aliphatic hydroxyl groups excluding tert-OH is 1. The topological polar surface area (TPSA) is 52.6 Å². The normalized spacial score (nSPS) is 29.1. The number of carbonyl (C=O) groups is 1. The van der Waals surface area contributed by atoms with Crippen LogP contribution >= 0.6 is 0 Å². The molecule has 2 rings (SSSR count). The van der Waals surface area contributed by atoms with Crippen molar-refractivity contribution >= 4 is 5.91 Å². The molecular weight excluding hydrogens is 264 g/mol. The first-order chi connectivity index (χ1) is 9.95. The maximum Gasteiger partial charge on any atom is 0.222 e. The van der Waals surface area contributed by atoms with Crippen molar-refractivity contribution in [3.63, 3.8) is 0 Å². The molecule has 1 saturated carbocycles. The lowest BCUT2D eigenvalue weighted by Gasteiger charge is -2.40. The molecule has 2 fully saturated rings. The van der Waals surface area contributed by atoms with Gasteiger partial charge in [-0.05, 0) is 32.1 Å². The van der Waals surface area contributed by atoms with Crippen LogP contribution in [0.3, 0.4) is 0 Å². The van der Waals surface area contributed by atoms with Crippen molar-refractivity contribution in [2.45, 2.75) is 77.5 Å². The fraction of sp³-hybridized carbons (Fsp3) is 0.941. The number of rotatable bonds is 5. The third kappa shape index (κ3) is 4.96. The summed E-state index contributed by atoms with van der Waals surface area (Å²) in [6.45, 7) is 7.55. The molecule has 1 aliphatic carbocycles. The highest BCUT2D eigenvalue weighted by atomic mass is 16.3. The Hall–Kier alpha value is -0.610. The minimum Gasteiger partial charge on any atom is -0.393 e. The molecule has 0 bridgehead atoms. The van der Waals surface area contributed by atoms with Gasteiger partial charge in [0.2, 0.25) is 5.91 Å². The average Bonchev–Trinajstić information content (AvgIpc) is 2.90. The Labute approximate surface area is 129 Å². The minimum atomic E-state index is -0.340. The van der Waals surface area contributed by atoms with Crippen molar-refractivity contribution in [3.8, 4) is 0 Å². The summed E-state index contributed by atoms with van der Waals surface area (Å²) in [6.07, 6.45) is 6.42. The SMILES string of the molecule is CC(C)CC(=O)N1CC(NC2CCCC2)CC(C(C)O)C1. The van der Waals surface area contributed by atoms with Crippen LogP contribution in [-0.4, -0.2) is 47.2 Å². The third-order valence-electron chi connectivity index (χ3n) is 4.93. The van der Waals surface area contributed by atoms with E-state index in [-0.39, 0.29) is 17.9 Å². The predicted octanol–water partition coefficient (Wildman–Crippen LogP) is 2.16. The number of aliphatic hydroxyl groups is 1. The Morgan fingerprint density at radius 1 is 1.19 bits per heavy atom. The number of hydrogen-bond donors (Lipinski definition) is 2.